The van der Waals surface area contributed by atoms with Gasteiger partial charge in [0.15, 0.2) is 11.5 Å². The fourth-order valence-corrected chi connectivity index (χ4v) is 6.89. The second-order valence-corrected chi connectivity index (χ2v) is 14.4. The molecule has 6 amide bonds. The van der Waals surface area contributed by atoms with Gasteiger partial charge in [0, 0.05) is 52.0 Å². The Bertz CT molecular complexity index is 2010. The maximum absolute atomic E-state index is 14.7. The van der Waals surface area contributed by atoms with Gasteiger partial charge >= 0.3 is 0 Å². The molecule has 0 aromatic heterocycles. The van der Waals surface area contributed by atoms with Crippen LogP contribution in [-0.2, 0) is 48.0 Å². The molecule has 3 heterocycles. The minimum atomic E-state index is -1.32. The van der Waals surface area contributed by atoms with Crippen molar-refractivity contribution in [2.75, 3.05) is 35.4 Å². The van der Waals surface area contributed by atoms with Crippen LogP contribution in [-0.4, -0.2) is 127 Å². The van der Waals surface area contributed by atoms with Crippen LogP contribution in [0.4, 0.5) is 0 Å². The van der Waals surface area contributed by atoms with E-state index in [2.05, 4.69) is 16.0 Å². The summed E-state index contributed by atoms with van der Waals surface area (Å²) in [6.07, 6.45) is -0.174. The van der Waals surface area contributed by atoms with Crippen molar-refractivity contribution in [1.29, 1.82) is 0 Å². The SMILES string of the molecule is COc1ccc(C[C@H]2C(=O)N[C@@H](C)C(=O)N(C)[C@H]3Cc4ccc(cc4)Oc4cc(c(O)cc4OC)C[C@@H](C(=O)N[C@H](C)C(=O)N[C@@H](C)C(=O)N2C)N(C)C3=O)cc1. The highest BCUT2D eigenvalue weighted by atomic mass is 16.5. The quantitative estimate of drug-likeness (QED) is 0.302. The van der Waals surface area contributed by atoms with Crippen molar-refractivity contribution in [3.8, 4) is 28.7 Å². The summed E-state index contributed by atoms with van der Waals surface area (Å²) >= 11 is 0. The van der Waals surface area contributed by atoms with E-state index in [0.29, 0.717) is 22.6 Å². The molecule has 6 rings (SSSR count). The molecule has 0 aliphatic carbocycles. The van der Waals surface area contributed by atoms with E-state index in [-0.39, 0.29) is 42.1 Å². The molecule has 3 aromatic carbocycles. The first-order chi connectivity index (χ1) is 27.0. The molecule has 6 bridgehead atoms. The smallest absolute Gasteiger partial charge is 0.246 e. The zero-order chi connectivity index (χ0) is 41.7. The van der Waals surface area contributed by atoms with E-state index in [1.165, 1.54) is 83.0 Å². The van der Waals surface area contributed by atoms with Gasteiger partial charge in [0.1, 0.15) is 53.5 Å². The minimum absolute atomic E-state index is 0.00853. The van der Waals surface area contributed by atoms with Crippen LogP contribution < -0.4 is 30.2 Å². The van der Waals surface area contributed by atoms with E-state index in [1.807, 2.05) is 0 Å². The number of nitrogens with one attached hydrogen (secondary N) is 3. The Hall–Kier alpha value is -6.32. The number of aromatic hydroxyl groups is 1. The van der Waals surface area contributed by atoms with Crippen LogP contribution >= 0.6 is 0 Å². The Morgan fingerprint density at radius 3 is 1.86 bits per heavy atom. The molecular weight excluding hydrogens is 736 g/mol. The van der Waals surface area contributed by atoms with E-state index in [9.17, 15) is 33.9 Å². The molecule has 1 saturated heterocycles. The Morgan fingerprint density at radius 1 is 0.667 bits per heavy atom. The topological polar surface area (TPSA) is 196 Å². The summed E-state index contributed by atoms with van der Waals surface area (Å²) in [5.41, 5.74) is 1.57. The number of fused-ring (bicyclic) bond motifs is 2. The standard InChI is InChI=1S/C41H50N6O10/c1-22-36(49)43-23(2)39(52)45(4)30(17-25-9-13-28(55-7)14-10-25)37(50)44-24(3)40(53)47(6)32-18-26-11-15-29(16-12-26)57-35-20-27(33(48)21-34(35)56-8)19-31(38(51)42-22)46(5)41(32)54/h9-16,20-24,30-32,48H,17-19H2,1-8H3,(H,42,51)(H,43,49)(H,44,50)/t22-,23+,24+,30+,31+,32+/m1/s1. The van der Waals surface area contributed by atoms with Gasteiger partial charge in [-0.1, -0.05) is 24.3 Å². The van der Waals surface area contributed by atoms with E-state index in [1.54, 1.807) is 48.5 Å². The van der Waals surface area contributed by atoms with Crippen molar-refractivity contribution in [3.63, 3.8) is 0 Å². The number of rotatable bonds is 4. The lowest BCUT2D eigenvalue weighted by molar-refractivity contribution is -0.149. The number of methoxy groups -OCH3 is 2. The highest BCUT2D eigenvalue weighted by Gasteiger charge is 2.39. The largest absolute Gasteiger partial charge is 0.508 e. The number of hydrogen-bond donors (Lipinski definition) is 4. The van der Waals surface area contributed by atoms with Crippen molar-refractivity contribution in [2.24, 2.45) is 0 Å². The first-order valence-electron chi connectivity index (χ1n) is 18.5. The van der Waals surface area contributed by atoms with Gasteiger partial charge in [0.2, 0.25) is 35.4 Å². The summed E-state index contributed by atoms with van der Waals surface area (Å²) in [6.45, 7) is 4.36. The summed E-state index contributed by atoms with van der Waals surface area (Å²) in [5, 5.41) is 19.1. The third-order valence-corrected chi connectivity index (χ3v) is 10.5. The number of phenolic OH excluding ortho intramolecular Hbond substituents is 1. The van der Waals surface area contributed by atoms with Crippen LogP contribution in [0.2, 0.25) is 0 Å². The fraction of sp³-hybridized carbons (Fsp3) is 0.415. The second-order valence-electron chi connectivity index (χ2n) is 14.4. The predicted molar refractivity (Wildman–Crippen MR) is 208 cm³/mol. The molecule has 3 aromatic rings. The molecule has 0 unspecified atom stereocenters. The van der Waals surface area contributed by atoms with Gasteiger partial charge in [-0.25, -0.2) is 0 Å². The lowest BCUT2D eigenvalue weighted by Gasteiger charge is -2.37. The molecule has 4 N–H and O–H groups in total. The second kappa shape index (κ2) is 17.6. The number of ether oxygens (including phenoxy) is 3. The molecular formula is C41H50N6O10. The van der Waals surface area contributed by atoms with E-state index in [4.69, 9.17) is 14.2 Å². The molecule has 6 atom stereocenters. The summed E-state index contributed by atoms with van der Waals surface area (Å²) in [6, 6.07) is 9.50. The normalized spacial score (nSPS) is 24.1. The van der Waals surface area contributed by atoms with E-state index in [0.717, 1.165) is 0 Å². The van der Waals surface area contributed by atoms with Crippen molar-refractivity contribution in [3.05, 3.63) is 77.4 Å². The Morgan fingerprint density at radius 2 is 1.25 bits per heavy atom. The molecule has 16 heteroatoms. The molecule has 304 valence electrons. The summed E-state index contributed by atoms with van der Waals surface area (Å²) < 4.78 is 16.8. The van der Waals surface area contributed by atoms with Crippen molar-refractivity contribution in [2.45, 2.75) is 76.3 Å². The number of nitrogens with zero attached hydrogens (tertiary/aromatic N) is 3. The number of carbonyl (C=O) groups is 6. The first-order valence-corrected chi connectivity index (χ1v) is 18.5. The highest BCUT2D eigenvalue weighted by Crippen LogP contribution is 2.38. The van der Waals surface area contributed by atoms with E-state index < -0.39 is 71.7 Å². The van der Waals surface area contributed by atoms with Crippen LogP contribution in [0.1, 0.15) is 37.5 Å². The molecule has 3 aliphatic heterocycles. The average molecular weight is 787 g/mol. The lowest BCUT2D eigenvalue weighted by Crippen LogP contribution is -2.61. The number of carbonyl (C=O) groups excluding carboxylic acids is 6. The molecule has 0 spiro atoms. The van der Waals surface area contributed by atoms with Crippen LogP contribution in [0.5, 0.6) is 28.7 Å². The average Bonchev–Trinajstić information content (AvgIpc) is 3.20. The van der Waals surface area contributed by atoms with E-state index >= 15 is 0 Å². The monoisotopic (exact) mass is 786 g/mol. The highest BCUT2D eigenvalue weighted by molar-refractivity contribution is 5.98. The van der Waals surface area contributed by atoms with Gasteiger partial charge < -0.3 is 50.0 Å². The number of phenols is 1. The Balaban J connectivity index is 1.59. The summed E-state index contributed by atoms with van der Waals surface area (Å²) in [4.78, 5) is 88.1. The Kier molecular flexibility index (Phi) is 13.0. The van der Waals surface area contributed by atoms with Gasteiger partial charge in [0.05, 0.1) is 14.2 Å². The van der Waals surface area contributed by atoms with Crippen LogP contribution in [0.15, 0.2) is 60.7 Å². The Labute approximate surface area is 331 Å². The fourth-order valence-electron chi connectivity index (χ4n) is 6.89. The minimum Gasteiger partial charge on any atom is -0.508 e. The number of hydrogen-bond acceptors (Lipinski definition) is 10. The molecule has 0 radical (unpaired) electrons. The first kappa shape index (κ1) is 41.8. The van der Waals surface area contributed by atoms with Crippen LogP contribution in [0.25, 0.3) is 0 Å². The summed E-state index contributed by atoms with van der Waals surface area (Å²) in [5.74, 6) is -2.67. The number of benzene rings is 3. The molecule has 0 saturated carbocycles. The van der Waals surface area contributed by atoms with Gasteiger partial charge in [-0.05, 0) is 62.2 Å². The maximum atomic E-state index is 14.7. The number of likely N-dealkylation sites (N-methyl/N-ethyl adjacent to an activating group) is 3. The van der Waals surface area contributed by atoms with Crippen molar-refractivity contribution < 1.29 is 48.1 Å². The summed E-state index contributed by atoms with van der Waals surface area (Å²) in [7, 11) is 7.22. The number of amides is 6. The van der Waals surface area contributed by atoms with Gasteiger partial charge in [-0.2, -0.15) is 0 Å². The lowest BCUT2D eigenvalue weighted by atomic mass is 9.98. The zero-order valence-corrected chi connectivity index (χ0v) is 33.3. The van der Waals surface area contributed by atoms with Crippen LogP contribution in [0, 0.1) is 0 Å². The maximum Gasteiger partial charge on any atom is 0.246 e. The molecule has 1 fully saturated rings. The zero-order valence-electron chi connectivity index (χ0n) is 33.3. The van der Waals surface area contributed by atoms with Crippen LogP contribution in [0.3, 0.4) is 0 Å². The molecule has 57 heavy (non-hydrogen) atoms. The van der Waals surface area contributed by atoms with Crippen molar-refractivity contribution >= 4 is 35.4 Å². The van der Waals surface area contributed by atoms with Gasteiger partial charge in [-0.15, -0.1) is 0 Å². The van der Waals surface area contributed by atoms with Gasteiger partial charge in [-0.3, -0.25) is 28.8 Å². The van der Waals surface area contributed by atoms with Gasteiger partial charge in [0.25, 0.3) is 0 Å². The molecule has 3 aliphatic rings. The third kappa shape index (κ3) is 9.39. The molecule has 16 nitrogen and oxygen atoms in total. The van der Waals surface area contributed by atoms with Crippen molar-refractivity contribution in [1.82, 2.24) is 30.7 Å². The third-order valence-electron chi connectivity index (χ3n) is 10.5. The predicted octanol–water partition coefficient (Wildman–Crippen LogP) is 1.55.